The Kier molecular flexibility index (Phi) is 5.57. The molecule has 16 heavy (non-hydrogen) atoms. The minimum Gasteiger partial charge on any atom is -0.372 e. The molecule has 1 aliphatic rings. The smallest absolute Gasteiger partial charge is 0.125 e. The van der Waals surface area contributed by atoms with E-state index in [1.165, 1.54) is 0 Å². The fourth-order valence-electron chi connectivity index (χ4n) is 1.07. The Bertz CT molecular complexity index is 247. The van der Waals surface area contributed by atoms with Crippen LogP contribution >= 0.6 is 11.6 Å². The first-order valence-corrected chi connectivity index (χ1v) is 6.08. The summed E-state index contributed by atoms with van der Waals surface area (Å²) in [6.07, 6.45) is 6.30. The summed E-state index contributed by atoms with van der Waals surface area (Å²) in [5.41, 5.74) is -0.524. The standard InChI is InChI=1S/C12H19ClO3/c1-4-12(3,5-2)16-9-10(6-13)14-7-11-8-15-11/h1,10-11H,5-9H2,2-3H3/t10-,11+,12-/m0/s1. The van der Waals surface area contributed by atoms with Crippen LogP contribution < -0.4 is 0 Å². The molecule has 0 aromatic heterocycles. The van der Waals surface area contributed by atoms with Gasteiger partial charge in [-0.2, -0.15) is 0 Å². The van der Waals surface area contributed by atoms with E-state index < -0.39 is 5.60 Å². The van der Waals surface area contributed by atoms with Crippen LogP contribution in [0.5, 0.6) is 0 Å². The summed E-state index contributed by atoms with van der Waals surface area (Å²) in [5.74, 6) is 3.04. The van der Waals surface area contributed by atoms with Gasteiger partial charge < -0.3 is 14.2 Å². The van der Waals surface area contributed by atoms with Crippen LogP contribution in [0, 0.1) is 12.3 Å². The van der Waals surface area contributed by atoms with E-state index >= 15 is 0 Å². The van der Waals surface area contributed by atoms with E-state index in [2.05, 4.69) is 5.92 Å². The molecular formula is C12H19ClO3. The van der Waals surface area contributed by atoms with Crippen LogP contribution in [-0.2, 0) is 14.2 Å². The van der Waals surface area contributed by atoms with Gasteiger partial charge in [-0.25, -0.2) is 0 Å². The van der Waals surface area contributed by atoms with Crippen molar-refractivity contribution in [2.75, 3.05) is 25.7 Å². The van der Waals surface area contributed by atoms with E-state index in [1.54, 1.807) is 0 Å². The second-order valence-corrected chi connectivity index (χ2v) is 4.41. The van der Waals surface area contributed by atoms with Crippen molar-refractivity contribution < 1.29 is 14.2 Å². The van der Waals surface area contributed by atoms with Gasteiger partial charge in [0.15, 0.2) is 0 Å². The molecule has 0 unspecified atom stereocenters. The van der Waals surface area contributed by atoms with Crippen LogP contribution in [0.4, 0.5) is 0 Å². The van der Waals surface area contributed by atoms with E-state index in [9.17, 15) is 0 Å². The maximum Gasteiger partial charge on any atom is 0.125 e. The lowest BCUT2D eigenvalue weighted by Crippen LogP contribution is -2.32. The molecule has 0 bridgehead atoms. The van der Waals surface area contributed by atoms with Crippen molar-refractivity contribution in [1.29, 1.82) is 0 Å². The van der Waals surface area contributed by atoms with Gasteiger partial charge in [0.25, 0.3) is 0 Å². The molecule has 0 aromatic rings. The molecule has 1 fully saturated rings. The van der Waals surface area contributed by atoms with E-state index in [0.717, 1.165) is 13.0 Å². The summed E-state index contributed by atoms with van der Waals surface area (Å²) in [4.78, 5) is 0. The SMILES string of the molecule is C#C[C@@](C)(CC)OC[C@H](CCl)OC[C@@H]1CO1. The van der Waals surface area contributed by atoms with E-state index in [0.29, 0.717) is 19.1 Å². The van der Waals surface area contributed by atoms with Gasteiger partial charge in [0.2, 0.25) is 0 Å². The molecule has 92 valence electrons. The number of halogens is 1. The van der Waals surface area contributed by atoms with Gasteiger partial charge in [0.1, 0.15) is 11.7 Å². The van der Waals surface area contributed by atoms with Crippen LogP contribution in [0.15, 0.2) is 0 Å². The minimum absolute atomic E-state index is 0.120. The molecule has 0 N–H and O–H groups in total. The molecule has 0 aliphatic carbocycles. The number of hydrogen-bond donors (Lipinski definition) is 0. The molecular weight excluding hydrogens is 228 g/mol. The Balaban J connectivity index is 2.23. The van der Waals surface area contributed by atoms with Crippen LogP contribution in [0.3, 0.4) is 0 Å². The summed E-state index contributed by atoms with van der Waals surface area (Å²) in [5, 5.41) is 0. The topological polar surface area (TPSA) is 31.0 Å². The van der Waals surface area contributed by atoms with Crippen molar-refractivity contribution in [2.45, 2.75) is 38.1 Å². The Morgan fingerprint density at radius 3 is 2.81 bits per heavy atom. The highest BCUT2D eigenvalue weighted by atomic mass is 35.5. The molecule has 0 spiro atoms. The summed E-state index contributed by atoms with van der Waals surface area (Å²) in [6.45, 7) is 5.67. The van der Waals surface area contributed by atoms with Gasteiger partial charge in [-0.3, -0.25) is 0 Å². The van der Waals surface area contributed by atoms with Crippen molar-refractivity contribution in [1.82, 2.24) is 0 Å². The van der Waals surface area contributed by atoms with E-state index in [1.807, 2.05) is 13.8 Å². The van der Waals surface area contributed by atoms with Gasteiger partial charge in [0.05, 0.1) is 31.8 Å². The molecule has 0 aromatic carbocycles. The highest BCUT2D eigenvalue weighted by Crippen LogP contribution is 2.16. The molecule has 1 saturated heterocycles. The second kappa shape index (κ2) is 6.46. The lowest BCUT2D eigenvalue weighted by Gasteiger charge is -2.25. The fourth-order valence-corrected chi connectivity index (χ4v) is 1.25. The highest BCUT2D eigenvalue weighted by Gasteiger charge is 2.26. The first-order valence-electron chi connectivity index (χ1n) is 5.54. The van der Waals surface area contributed by atoms with Gasteiger partial charge in [-0.05, 0) is 13.3 Å². The molecule has 4 heteroatoms. The maximum absolute atomic E-state index is 5.79. The van der Waals surface area contributed by atoms with Gasteiger partial charge in [-0.15, -0.1) is 18.0 Å². The lowest BCUT2D eigenvalue weighted by molar-refractivity contribution is -0.0594. The van der Waals surface area contributed by atoms with Crippen molar-refractivity contribution in [3.63, 3.8) is 0 Å². The van der Waals surface area contributed by atoms with Crippen molar-refractivity contribution in [3.05, 3.63) is 0 Å². The first kappa shape index (κ1) is 13.8. The van der Waals surface area contributed by atoms with Crippen molar-refractivity contribution in [3.8, 4) is 12.3 Å². The third kappa shape index (κ3) is 4.71. The number of alkyl halides is 1. The molecule has 3 atom stereocenters. The number of rotatable bonds is 8. The zero-order valence-corrected chi connectivity index (χ0v) is 10.6. The summed E-state index contributed by atoms with van der Waals surface area (Å²) >= 11 is 5.79. The number of epoxide rings is 1. The number of terminal acetylenes is 1. The predicted molar refractivity (Wildman–Crippen MR) is 63.7 cm³/mol. The molecule has 0 radical (unpaired) electrons. The molecule has 0 saturated carbocycles. The quantitative estimate of drug-likeness (QED) is 0.372. The second-order valence-electron chi connectivity index (χ2n) is 4.10. The Hall–Kier alpha value is -0.270. The number of hydrogen-bond acceptors (Lipinski definition) is 3. The summed E-state index contributed by atoms with van der Waals surface area (Å²) < 4.78 is 16.2. The minimum atomic E-state index is -0.524. The summed E-state index contributed by atoms with van der Waals surface area (Å²) in [6, 6.07) is 0. The monoisotopic (exact) mass is 246 g/mol. The third-order valence-electron chi connectivity index (χ3n) is 2.66. The molecule has 0 amide bonds. The largest absolute Gasteiger partial charge is 0.372 e. The average molecular weight is 247 g/mol. The third-order valence-corrected chi connectivity index (χ3v) is 3.00. The number of ether oxygens (including phenoxy) is 3. The van der Waals surface area contributed by atoms with E-state index in [4.69, 9.17) is 32.2 Å². The Labute approximate surface area is 102 Å². The van der Waals surface area contributed by atoms with Gasteiger partial charge in [-0.1, -0.05) is 12.8 Å². The van der Waals surface area contributed by atoms with Crippen molar-refractivity contribution in [2.24, 2.45) is 0 Å². The normalized spacial score (nSPS) is 24.5. The molecule has 1 aliphatic heterocycles. The summed E-state index contributed by atoms with van der Waals surface area (Å²) in [7, 11) is 0. The predicted octanol–water partition coefficient (Wildman–Crippen LogP) is 1.83. The maximum atomic E-state index is 5.79. The zero-order valence-electron chi connectivity index (χ0n) is 9.87. The first-order chi connectivity index (χ1) is 7.63. The highest BCUT2D eigenvalue weighted by molar-refractivity contribution is 6.18. The fraction of sp³-hybridized carbons (Fsp3) is 0.833. The lowest BCUT2D eigenvalue weighted by atomic mass is 10.1. The van der Waals surface area contributed by atoms with Crippen molar-refractivity contribution >= 4 is 11.6 Å². The van der Waals surface area contributed by atoms with Crippen LogP contribution in [-0.4, -0.2) is 43.5 Å². The molecule has 1 rings (SSSR count). The van der Waals surface area contributed by atoms with Gasteiger partial charge in [0, 0.05) is 0 Å². The van der Waals surface area contributed by atoms with E-state index in [-0.39, 0.29) is 12.2 Å². The zero-order chi connectivity index (χ0) is 12.0. The molecule has 1 heterocycles. The average Bonchev–Trinajstić information content (AvgIpc) is 3.13. The van der Waals surface area contributed by atoms with Crippen LogP contribution in [0.1, 0.15) is 20.3 Å². The molecule has 3 nitrogen and oxygen atoms in total. The Morgan fingerprint density at radius 2 is 2.38 bits per heavy atom. The Morgan fingerprint density at radius 1 is 1.69 bits per heavy atom. The van der Waals surface area contributed by atoms with Crippen LogP contribution in [0.2, 0.25) is 0 Å². The van der Waals surface area contributed by atoms with Gasteiger partial charge >= 0.3 is 0 Å². The van der Waals surface area contributed by atoms with Crippen LogP contribution in [0.25, 0.3) is 0 Å².